The van der Waals surface area contributed by atoms with Crippen LogP contribution in [-0.2, 0) is 19.6 Å². The van der Waals surface area contributed by atoms with Crippen LogP contribution in [0.3, 0.4) is 0 Å². The number of sulfonamides is 1. The third kappa shape index (κ3) is 6.89. The molecular weight excluding hydrogens is 505 g/mol. The van der Waals surface area contributed by atoms with E-state index in [1.807, 2.05) is 0 Å². The Kier molecular flexibility index (Phi) is 9.35. The first-order valence-electron chi connectivity index (χ1n) is 11.1. The number of halogens is 3. The molecule has 0 spiro atoms. The van der Waals surface area contributed by atoms with Gasteiger partial charge in [0.05, 0.1) is 11.5 Å². The molecule has 10 nitrogen and oxygen atoms in total. The molecule has 1 heterocycles. The van der Waals surface area contributed by atoms with Crippen molar-refractivity contribution in [2.45, 2.75) is 57.1 Å². The van der Waals surface area contributed by atoms with Gasteiger partial charge in [-0.15, -0.1) is 0 Å². The van der Waals surface area contributed by atoms with Crippen molar-refractivity contribution >= 4 is 28.4 Å². The summed E-state index contributed by atoms with van der Waals surface area (Å²) in [6.07, 6.45) is -1.90. The van der Waals surface area contributed by atoms with Crippen LogP contribution >= 0.6 is 0 Å². The van der Waals surface area contributed by atoms with Crippen molar-refractivity contribution in [3.63, 3.8) is 0 Å². The summed E-state index contributed by atoms with van der Waals surface area (Å²) < 4.78 is 70.7. The van der Waals surface area contributed by atoms with Crippen molar-refractivity contribution in [3.05, 3.63) is 35.5 Å². The number of hydrogen-bond acceptors (Lipinski definition) is 6. The zero-order chi connectivity index (χ0) is 27.1. The SMILES string of the molecule is CCCNC(=O)NS(=O)(=O)c1cc(C(CC2(CC)C(=O)NC=C2C)NC=O)ccc1OCC(F)(F)F. The number of rotatable bonds is 12. The van der Waals surface area contributed by atoms with Gasteiger partial charge in [-0.1, -0.05) is 19.9 Å². The number of carbonyl (C=O) groups excluding carboxylic acids is 3. The third-order valence-corrected chi connectivity index (χ3v) is 7.20. The molecule has 14 heteroatoms. The lowest BCUT2D eigenvalue weighted by molar-refractivity contribution is -0.153. The van der Waals surface area contributed by atoms with Gasteiger partial charge in [-0.05, 0) is 49.5 Å². The van der Waals surface area contributed by atoms with Gasteiger partial charge in [0.2, 0.25) is 12.3 Å². The van der Waals surface area contributed by atoms with E-state index in [1.54, 1.807) is 31.7 Å². The molecule has 0 radical (unpaired) electrons. The first kappa shape index (κ1) is 28.9. The molecular formula is C22H29F3N4O6S. The Hall–Kier alpha value is -3.29. The summed E-state index contributed by atoms with van der Waals surface area (Å²) in [7, 11) is -4.69. The van der Waals surface area contributed by atoms with Gasteiger partial charge in [-0.3, -0.25) is 9.59 Å². The Balaban J connectivity index is 2.53. The number of nitrogens with one attached hydrogen (secondary N) is 4. The van der Waals surface area contributed by atoms with E-state index < -0.39 is 50.9 Å². The Bertz CT molecular complexity index is 1120. The van der Waals surface area contributed by atoms with Gasteiger partial charge >= 0.3 is 12.2 Å². The average molecular weight is 535 g/mol. The zero-order valence-electron chi connectivity index (χ0n) is 20.0. The molecule has 2 atom stereocenters. The molecule has 1 aromatic carbocycles. The molecule has 2 rings (SSSR count). The van der Waals surface area contributed by atoms with Gasteiger partial charge in [0, 0.05) is 12.7 Å². The highest BCUT2D eigenvalue weighted by atomic mass is 32.2. The minimum Gasteiger partial charge on any atom is -0.483 e. The predicted molar refractivity (Wildman–Crippen MR) is 123 cm³/mol. The van der Waals surface area contributed by atoms with Crippen LogP contribution in [0.5, 0.6) is 5.75 Å². The van der Waals surface area contributed by atoms with Crippen LogP contribution in [0.1, 0.15) is 51.6 Å². The Labute approximate surface area is 207 Å². The van der Waals surface area contributed by atoms with E-state index in [2.05, 4.69) is 16.0 Å². The first-order chi connectivity index (χ1) is 16.8. The predicted octanol–water partition coefficient (Wildman–Crippen LogP) is 2.63. The number of carbonyl (C=O) groups is 3. The van der Waals surface area contributed by atoms with Crippen LogP contribution in [0, 0.1) is 5.41 Å². The Morgan fingerprint density at radius 2 is 1.97 bits per heavy atom. The van der Waals surface area contributed by atoms with E-state index in [1.165, 1.54) is 6.07 Å². The van der Waals surface area contributed by atoms with Crippen molar-refractivity contribution in [1.82, 2.24) is 20.7 Å². The normalized spacial score (nSPS) is 18.6. The highest BCUT2D eigenvalue weighted by Crippen LogP contribution is 2.43. The molecule has 0 aromatic heterocycles. The summed E-state index contributed by atoms with van der Waals surface area (Å²) in [5.41, 5.74) is -0.111. The lowest BCUT2D eigenvalue weighted by Crippen LogP contribution is -2.40. The number of urea groups is 1. The van der Waals surface area contributed by atoms with Crippen LogP contribution in [0.15, 0.2) is 34.9 Å². The summed E-state index contributed by atoms with van der Waals surface area (Å²) in [4.78, 5) is 35.2. The van der Waals surface area contributed by atoms with Gasteiger partial charge in [-0.25, -0.2) is 17.9 Å². The number of hydrogen-bond donors (Lipinski definition) is 4. The number of amides is 4. The maximum absolute atomic E-state index is 13.0. The van der Waals surface area contributed by atoms with Gasteiger partial charge in [0.15, 0.2) is 6.61 Å². The Morgan fingerprint density at radius 1 is 1.28 bits per heavy atom. The van der Waals surface area contributed by atoms with E-state index >= 15 is 0 Å². The monoisotopic (exact) mass is 534 g/mol. The van der Waals surface area contributed by atoms with Gasteiger partial charge in [-0.2, -0.15) is 13.2 Å². The molecule has 1 aliphatic heterocycles. The topological polar surface area (TPSA) is 143 Å². The number of ether oxygens (including phenoxy) is 1. The quantitative estimate of drug-likeness (QED) is 0.304. The lowest BCUT2D eigenvalue weighted by atomic mass is 9.73. The largest absolute Gasteiger partial charge is 0.483 e. The second kappa shape index (κ2) is 11.6. The molecule has 0 aliphatic carbocycles. The van der Waals surface area contributed by atoms with Crippen LogP contribution in [0.2, 0.25) is 0 Å². The summed E-state index contributed by atoms with van der Waals surface area (Å²) >= 11 is 0. The lowest BCUT2D eigenvalue weighted by Gasteiger charge is -2.31. The molecule has 1 aliphatic rings. The molecule has 0 saturated carbocycles. The maximum atomic E-state index is 13.0. The van der Waals surface area contributed by atoms with Crippen molar-refractivity contribution in [1.29, 1.82) is 0 Å². The molecule has 0 bridgehead atoms. The molecule has 0 saturated heterocycles. The van der Waals surface area contributed by atoms with Crippen LogP contribution in [0.4, 0.5) is 18.0 Å². The molecule has 200 valence electrons. The standard InChI is InChI=1S/C22H29F3N4O6S/c1-4-8-26-20(32)29-36(33,34)18-9-15(6-7-17(18)35-12-22(23,24)25)16(28-13-30)10-21(5-2)14(3)11-27-19(21)31/h6-7,9,11,13,16H,4-5,8,10,12H2,1-3H3,(H,27,31)(H,28,30)(H2,26,29,32). The van der Waals surface area contributed by atoms with Gasteiger partial charge in [0.1, 0.15) is 10.6 Å². The minimum atomic E-state index is -4.75. The van der Waals surface area contributed by atoms with Crippen LogP contribution < -0.4 is 25.4 Å². The summed E-state index contributed by atoms with van der Waals surface area (Å²) in [6.45, 7) is 3.66. The highest BCUT2D eigenvalue weighted by Gasteiger charge is 2.44. The van der Waals surface area contributed by atoms with E-state index in [0.717, 1.165) is 12.1 Å². The van der Waals surface area contributed by atoms with Crippen molar-refractivity contribution < 1.29 is 40.7 Å². The van der Waals surface area contributed by atoms with Crippen molar-refractivity contribution in [3.8, 4) is 5.75 Å². The highest BCUT2D eigenvalue weighted by molar-refractivity contribution is 7.90. The average Bonchev–Trinajstić information content (AvgIpc) is 3.08. The first-order valence-corrected chi connectivity index (χ1v) is 12.6. The molecule has 4 amide bonds. The minimum absolute atomic E-state index is 0.0447. The van der Waals surface area contributed by atoms with Crippen LogP contribution in [-0.4, -0.2) is 46.1 Å². The Morgan fingerprint density at radius 3 is 2.50 bits per heavy atom. The van der Waals surface area contributed by atoms with Gasteiger partial charge in [0.25, 0.3) is 10.0 Å². The zero-order valence-corrected chi connectivity index (χ0v) is 20.8. The second-order valence-electron chi connectivity index (χ2n) is 8.25. The van der Waals surface area contributed by atoms with Crippen LogP contribution in [0.25, 0.3) is 0 Å². The van der Waals surface area contributed by atoms with Crippen molar-refractivity contribution in [2.75, 3.05) is 13.2 Å². The fourth-order valence-electron chi connectivity index (χ4n) is 3.85. The summed E-state index contributed by atoms with van der Waals surface area (Å²) in [5.74, 6) is -0.941. The fourth-order valence-corrected chi connectivity index (χ4v) is 4.96. The molecule has 1 aromatic rings. The molecule has 4 N–H and O–H groups in total. The fraction of sp³-hybridized carbons (Fsp3) is 0.500. The van der Waals surface area contributed by atoms with Gasteiger partial charge < -0.3 is 20.7 Å². The molecule has 36 heavy (non-hydrogen) atoms. The van der Waals surface area contributed by atoms with E-state index in [-0.39, 0.29) is 24.4 Å². The number of benzene rings is 1. The summed E-state index contributed by atoms with van der Waals surface area (Å²) in [5, 5.41) is 7.48. The second-order valence-corrected chi connectivity index (χ2v) is 9.90. The molecule has 2 unspecified atom stereocenters. The van der Waals surface area contributed by atoms with E-state index in [4.69, 9.17) is 4.74 Å². The smallest absolute Gasteiger partial charge is 0.422 e. The maximum Gasteiger partial charge on any atom is 0.422 e. The molecule has 0 fully saturated rings. The van der Waals surface area contributed by atoms with E-state index in [9.17, 15) is 36.0 Å². The number of alkyl halides is 3. The van der Waals surface area contributed by atoms with E-state index in [0.29, 0.717) is 24.8 Å². The van der Waals surface area contributed by atoms with Crippen molar-refractivity contribution in [2.24, 2.45) is 5.41 Å². The summed E-state index contributed by atoms with van der Waals surface area (Å²) in [6, 6.07) is 1.35. The third-order valence-electron chi connectivity index (χ3n) is 5.85.